The zero-order valence-corrected chi connectivity index (χ0v) is 17.2. The zero-order chi connectivity index (χ0) is 20.2. The van der Waals surface area contributed by atoms with Gasteiger partial charge in [0.05, 0.1) is 23.2 Å². The van der Waals surface area contributed by atoms with Gasteiger partial charge < -0.3 is 4.52 Å². The summed E-state index contributed by atoms with van der Waals surface area (Å²) in [6.07, 6.45) is 0.755. The number of para-hydroxylation sites is 1. The first-order chi connectivity index (χ1) is 14.1. The Hall–Kier alpha value is -2.93. The van der Waals surface area contributed by atoms with E-state index in [1.54, 1.807) is 4.57 Å². The fraction of sp³-hybridized carbons (Fsp3) is 0.273. The third kappa shape index (κ3) is 4.56. The topological polar surface area (TPSA) is 73.8 Å². The second kappa shape index (κ2) is 8.61. The van der Waals surface area contributed by atoms with Crippen molar-refractivity contribution in [1.82, 2.24) is 19.7 Å². The molecule has 6 nitrogen and oxygen atoms in total. The van der Waals surface area contributed by atoms with Crippen molar-refractivity contribution in [2.75, 3.05) is 0 Å². The van der Waals surface area contributed by atoms with Crippen LogP contribution in [0.25, 0.3) is 10.9 Å². The van der Waals surface area contributed by atoms with Crippen molar-refractivity contribution in [2.45, 2.75) is 37.7 Å². The number of hydrogen-bond acceptors (Lipinski definition) is 6. The van der Waals surface area contributed by atoms with Gasteiger partial charge in [-0.3, -0.25) is 9.36 Å². The van der Waals surface area contributed by atoms with E-state index in [-0.39, 0.29) is 5.56 Å². The van der Waals surface area contributed by atoms with Gasteiger partial charge in [-0.25, -0.2) is 4.98 Å². The first kappa shape index (κ1) is 19.4. The minimum Gasteiger partial charge on any atom is -0.339 e. The Balaban J connectivity index is 1.65. The average molecular weight is 407 g/mol. The average Bonchev–Trinajstić information content (AvgIpc) is 3.16. The van der Waals surface area contributed by atoms with Gasteiger partial charge in [0.1, 0.15) is 0 Å². The standard InChI is InChI=1S/C22H22N4O2S/c1-15(2)12-20-24-19(25-28-20)14-29-22-23-18-11-7-6-10-17(18)21(27)26(22)13-16-8-4-3-5-9-16/h3-11,15H,12-14H2,1-2H3. The predicted molar refractivity (Wildman–Crippen MR) is 114 cm³/mol. The summed E-state index contributed by atoms with van der Waals surface area (Å²) >= 11 is 1.45. The number of aromatic nitrogens is 4. The lowest BCUT2D eigenvalue weighted by atomic mass is 10.1. The number of benzene rings is 2. The minimum atomic E-state index is -0.0458. The molecule has 2 aromatic heterocycles. The van der Waals surface area contributed by atoms with Gasteiger partial charge in [0.2, 0.25) is 5.89 Å². The second-order valence-corrected chi connectivity index (χ2v) is 8.22. The van der Waals surface area contributed by atoms with E-state index in [1.807, 2.05) is 54.6 Å². The van der Waals surface area contributed by atoms with Crippen LogP contribution in [-0.4, -0.2) is 19.7 Å². The Kier molecular flexibility index (Phi) is 5.76. The van der Waals surface area contributed by atoms with Gasteiger partial charge in [-0.05, 0) is 23.6 Å². The molecular formula is C22H22N4O2S. The van der Waals surface area contributed by atoms with Gasteiger partial charge in [0.25, 0.3) is 5.56 Å². The summed E-state index contributed by atoms with van der Waals surface area (Å²) in [5, 5.41) is 5.32. The van der Waals surface area contributed by atoms with Crippen LogP contribution >= 0.6 is 11.8 Å². The Morgan fingerprint density at radius 3 is 2.59 bits per heavy atom. The van der Waals surface area contributed by atoms with E-state index in [9.17, 15) is 4.79 Å². The largest absolute Gasteiger partial charge is 0.339 e. The summed E-state index contributed by atoms with van der Waals surface area (Å²) < 4.78 is 7.04. The van der Waals surface area contributed by atoms with Gasteiger partial charge in [0.15, 0.2) is 11.0 Å². The van der Waals surface area contributed by atoms with E-state index in [0.717, 1.165) is 12.0 Å². The zero-order valence-electron chi connectivity index (χ0n) is 16.4. The lowest BCUT2D eigenvalue weighted by molar-refractivity contribution is 0.360. The molecule has 0 radical (unpaired) electrons. The van der Waals surface area contributed by atoms with Crippen molar-refractivity contribution in [3.63, 3.8) is 0 Å². The number of hydrogen-bond donors (Lipinski definition) is 0. The van der Waals surface area contributed by atoms with Crippen LogP contribution in [0.4, 0.5) is 0 Å². The lowest BCUT2D eigenvalue weighted by Crippen LogP contribution is -2.24. The fourth-order valence-corrected chi connectivity index (χ4v) is 3.91. The van der Waals surface area contributed by atoms with Crippen LogP contribution in [0.3, 0.4) is 0 Å². The number of nitrogens with zero attached hydrogens (tertiary/aromatic N) is 4. The maximum Gasteiger partial charge on any atom is 0.262 e. The monoisotopic (exact) mass is 406 g/mol. The molecule has 0 aliphatic carbocycles. The molecule has 0 saturated carbocycles. The van der Waals surface area contributed by atoms with Crippen LogP contribution in [-0.2, 0) is 18.7 Å². The summed E-state index contributed by atoms with van der Waals surface area (Å²) in [7, 11) is 0. The van der Waals surface area contributed by atoms with Crippen LogP contribution in [0.15, 0.2) is 69.1 Å². The Morgan fingerprint density at radius 1 is 1.03 bits per heavy atom. The van der Waals surface area contributed by atoms with Crippen LogP contribution < -0.4 is 5.56 Å². The van der Waals surface area contributed by atoms with Crippen LogP contribution in [0, 0.1) is 5.92 Å². The molecule has 148 valence electrons. The van der Waals surface area contributed by atoms with Crippen LogP contribution in [0.5, 0.6) is 0 Å². The lowest BCUT2D eigenvalue weighted by Gasteiger charge is -2.12. The molecule has 0 unspecified atom stereocenters. The third-order valence-electron chi connectivity index (χ3n) is 4.43. The first-order valence-corrected chi connectivity index (χ1v) is 10.6. The summed E-state index contributed by atoms with van der Waals surface area (Å²) in [5.41, 5.74) is 1.70. The number of fused-ring (bicyclic) bond motifs is 1. The van der Waals surface area contributed by atoms with E-state index in [4.69, 9.17) is 9.51 Å². The highest BCUT2D eigenvalue weighted by Crippen LogP contribution is 2.22. The van der Waals surface area contributed by atoms with E-state index in [1.165, 1.54) is 11.8 Å². The van der Waals surface area contributed by atoms with Crippen LogP contribution in [0.2, 0.25) is 0 Å². The third-order valence-corrected chi connectivity index (χ3v) is 5.41. The van der Waals surface area contributed by atoms with Crippen molar-refractivity contribution in [3.05, 3.63) is 82.2 Å². The normalized spacial score (nSPS) is 11.4. The van der Waals surface area contributed by atoms with Gasteiger partial charge in [-0.15, -0.1) is 0 Å². The Labute approximate surface area is 173 Å². The second-order valence-electron chi connectivity index (χ2n) is 7.28. The molecule has 4 aromatic rings. The maximum absolute atomic E-state index is 13.2. The highest BCUT2D eigenvalue weighted by molar-refractivity contribution is 7.98. The molecule has 4 rings (SSSR count). The molecule has 2 aromatic carbocycles. The SMILES string of the molecule is CC(C)Cc1nc(CSc2nc3ccccc3c(=O)n2Cc2ccccc2)no1. The van der Waals surface area contributed by atoms with Gasteiger partial charge >= 0.3 is 0 Å². The molecule has 0 spiro atoms. The number of thioether (sulfide) groups is 1. The molecule has 7 heteroatoms. The van der Waals surface area contributed by atoms with Crippen molar-refractivity contribution in [2.24, 2.45) is 5.92 Å². The molecule has 2 heterocycles. The molecule has 0 aliphatic rings. The van der Waals surface area contributed by atoms with Gasteiger partial charge in [-0.2, -0.15) is 4.98 Å². The molecule has 0 N–H and O–H groups in total. The fourth-order valence-electron chi connectivity index (χ4n) is 3.07. The highest BCUT2D eigenvalue weighted by atomic mass is 32.2. The van der Waals surface area contributed by atoms with E-state index >= 15 is 0 Å². The molecular weight excluding hydrogens is 384 g/mol. The predicted octanol–water partition coefficient (Wildman–Crippen LogP) is 4.32. The highest BCUT2D eigenvalue weighted by Gasteiger charge is 2.14. The van der Waals surface area contributed by atoms with Gasteiger partial charge in [0, 0.05) is 6.42 Å². The minimum absolute atomic E-state index is 0.0458. The molecule has 29 heavy (non-hydrogen) atoms. The molecule has 0 fully saturated rings. The quantitative estimate of drug-likeness (QED) is 0.336. The van der Waals surface area contributed by atoms with Gasteiger partial charge in [-0.1, -0.05) is 73.2 Å². The molecule has 0 saturated heterocycles. The maximum atomic E-state index is 13.2. The summed E-state index contributed by atoms with van der Waals surface area (Å²) in [6, 6.07) is 17.4. The summed E-state index contributed by atoms with van der Waals surface area (Å²) in [4.78, 5) is 22.3. The van der Waals surface area contributed by atoms with E-state index < -0.39 is 0 Å². The van der Waals surface area contributed by atoms with Crippen molar-refractivity contribution < 1.29 is 4.52 Å². The Morgan fingerprint density at radius 2 is 1.79 bits per heavy atom. The molecule has 0 amide bonds. The molecule has 0 bridgehead atoms. The van der Waals surface area contributed by atoms with Crippen molar-refractivity contribution in [1.29, 1.82) is 0 Å². The van der Waals surface area contributed by atoms with E-state index in [0.29, 0.717) is 46.0 Å². The van der Waals surface area contributed by atoms with Crippen molar-refractivity contribution in [3.8, 4) is 0 Å². The van der Waals surface area contributed by atoms with Crippen LogP contribution in [0.1, 0.15) is 31.1 Å². The Bertz CT molecular complexity index is 1170. The molecule has 0 aliphatic heterocycles. The molecule has 0 atom stereocenters. The van der Waals surface area contributed by atoms with E-state index in [2.05, 4.69) is 24.0 Å². The van der Waals surface area contributed by atoms with Crippen molar-refractivity contribution >= 4 is 22.7 Å². The first-order valence-electron chi connectivity index (χ1n) is 9.58. The number of rotatable bonds is 7. The summed E-state index contributed by atoms with van der Waals surface area (Å²) in [6.45, 7) is 4.69. The summed E-state index contributed by atoms with van der Waals surface area (Å²) in [5.74, 6) is 2.19. The smallest absolute Gasteiger partial charge is 0.262 e.